The Balaban J connectivity index is 1.34. The molecule has 1 heterocycles. The molecule has 7 heteroatoms. The number of fused-ring (bicyclic) bond motifs is 1. The van der Waals surface area contributed by atoms with Crippen LogP contribution in [-0.4, -0.2) is 37.6 Å². The summed E-state index contributed by atoms with van der Waals surface area (Å²) in [5, 5.41) is 7.48. The summed E-state index contributed by atoms with van der Waals surface area (Å²) in [7, 11) is 3.22. The van der Waals surface area contributed by atoms with Gasteiger partial charge in [-0.3, -0.25) is 4.79 Å². The van der Waals surface area contributed by atoms with Crippen molar-refractivity contribution in [2.45, 2.75) is 6.42 Å². The van der Waals surface area contributed by atoms with Crippen LogP contribution < -0.4 is 20.1 Å². The first-order chi connectivity index (χ1) is 15.7. The van der Waals surface area contributed by atoms with Crippen molar-refractivity contribution in [1.29, 1.82) is 0 Å². The lowest BCUT2D eigenvalue weighted by molar-refractivity contribution is 0.0953. The molecule has 164 valence electrons. The second-order valence-electron chi connectivity index (χ2n) is 7.19. The van der Waals surface area contributed by atoms with Gasteiger partial charge in [-0.05, 0) is 53.8 Å². The molecule has 0 aliphatic carbocycles. The quantitative estimate of drug-likeness (QED) is 0.345. The van der Waals surface area contributed by atoms with Gasteiger partial charge in [-0.1, -0.05) is 36.4 Å². The number of hydrogen-bond acceptors (Lipinski definition) is 6. The summed E-state index contributed by atoms with van der Waals surface area (Å²) in [5.41, 5.74) is 2.37. The first kappa shape index (κ1) is 21.6. The molecular weight excluding hydrogens is 422 g/mol. The zero-order valence-electron chi connectivity index (χ0n) is 18.1. The highest BCUT2D eigenvalue weighted by Crippen LogP contribution is 2.37. The van der Waals surface area contributed by atoms with E-state index in [1.807, 2.05) is 54.6 Å². The minimum atomic E-state index is -0.104. The minimum Gasteiger partial charge on any atom is -0.493 e. The number of nitrogens with one attached hydrogen (secondary N) is 2. The predicted molar refractivity (Wildman–Crippen MR) is 130 cm³/mol. The Labute approximate surface area is 191 Å². The largest absolute Gasteiger partial charge is 0.493 e. The van der Waals surface area contributed by atoms with Crippen LogP contribution >= 0.6 is 11.5 Å². The van der Waals surface area contributed by atoms with Gasteiger partial charge in [0.25, 0.3) is 5.91 Å². The van der Waals surface area contributed by atoms with Crippen LogP contribution in [0.3, 0.4) is 0 Å². The van der Waals surface area contributed by atoms with Crippen LogP contribution in [0.1, 0.15) is 16.8 Å². The lowest BCUT2D eigenvalue weighted by atomic mass is 10.0. The number of hydrogen-bond donors (Lipinski definition) is 2. The Morgan fingerprint density at radius 3 is 2.66 bits per heavy atom. The number of methoxy groups -OCH3 is 2. The smallest absolute Gasteiger partial charge is 0.251 e. The van der Waals surface area contributed by atoms with E-state index < -0.39 is 0 Å². The Morgan fingerprint density at radius 1 is 0.969 bits per heavy atom. The zero-order chi connectivity index (χ0) is 22.3. The van der Waals surface area contributed by atoms with Gasteiger partial charge in [0.15, 0.2) is 11.5 Å². The van der Waals surface area contributed by atoms with Crippen molar-refractivity contribution in [3.05, 3.63) is 72.3 Å². The van der Waals surface area contributed by atoms with Gasteiger partial charge >= 0.3 is 0 Å². The highest BCUT2D eigenvalue weighted by molar-refractivity contribution is 7.13. The SMILES string of the molecule is COc1cccc(-c2cccc(C(=O)NCCCNc3nsc4ccccc34)c2)c1OC. The highest BCUT2D eigenvalue weighted by atomic mass is 32.1. The fourth-order valence-corrected chi connectivity index (χ4v) is 4.31. The standard InChI is InChI=1S/C25H25N3O3S/c1-30-21-12-6-11-19(23(21)31-2)17-8-5-9-18(16-17)25(29)27-15-7-14-26-24-20-10-3-4-13-22(20)32-28-24/h3-6,8-13,16H,7,14-15H2,1-2H3,(H,26,28)(H,27,29). The molecule has 4 rings (SSSR count). The van der Waals surface area contributed by atoms with E-state index in [9.17, 15) is 4.79 Å². The van der Waals surface area contributed by atoms with Crippen LogP contribution in [0.5, 0.6) is 11.5 Å². The monoisotopic (exact) mass is 447 g/mol. The summed E-state index contributed by atoms with van der Waals surface area (Å²) in [6.07, 6.45) is 0.793. The molecule has 6 nitrogen and oxygen atoms in total. The van der Waals surface area contributed by atoms with Crippen LogP contribution in [0.15, 0.2) is 66.7 Å². The highest BCUT2D eigenvalue weighted by Gasteiger charge is 2.13. The number of aromatic nitrogens is 1. The molecule has 0 atom stereocenters. The molecule has 4 aromatic rings. The van der Waals surface area contributed by atoms with Crippen LogP contribution in [0.25, 0.3) is 21.2 Å². The summed E-state index contributed by atoms with van der Waals surface area (Å²) in [6, 6.07) is 21.4. The maximum Gasteiger partial charge on any atom is 0.251 e. The summed E-state index contributed by atoms with van der Waals surface area (Å²) in [6.45, 7) is 1.30. The molecule has 0 radical (unpaired) electrons. The molecule has 0 bridgehead atoms. The first-order valence-corrected chi connectivity index (χ1v) is 11.2. The van der Waals surface area contributed by atoms with Gasteiger partial charge < -0.3 is 20.1 Å². The van der Waals surface area contributed by atoms with Crippen molar-refractivity contribution in [3.63, 3.8) is 0 Å². The van der Waals surface area contributed by atoms with Crippen molar-refractivity contribution in [3.8, 4) is 22.6 Å². The van der Waals surface area contributed by atoms with Gasteiger partial charge in [0.1, 0.15) is 5.82 Å². The van der Waals surface area contributed by atoms with Crippen molar-refractivity contribution in [2.75, 3.05) is 32.6 Å². The zero-order valence-corrected chi connectivity index (χ0v) is 18.9. The van der Waals surface area contributed by atoms with E-state index in [4.69, 9.17) is 9.47 Å². The van der Waals surface area contributed by atoms with E-state index in [2.05, 4.69) is 27.1 Å². The molecule has 1 aromatic heterocycles. The van der Waals surface area contributed by atoms with E-state index in [1.54, 1.807) is 14.2 Å². The summed E-state index contributed by atoms with van der Waals surface area (Å²) in [5.74, 6) is 2.10. The van der Waals surface area contributed by atoms with E-state index >= 15 is 0 Å². The number of anilines is 1. The first-order valence-electron chi connectivity index (χ1n) is 10.4. The molecule has 0 saturated carbocycles. The molecule has 0 unspecified atom stereocenters. The number of ether oxygens (including phenoxy) is 2. The number of carbonyl (C=O) groups excluding carboxylic acids is 1. The van der Waals surface area contributed by atoms with Crippen molar-refractivity contribution >= 4 is 33.3 Å². The molecule has 32 heavy (non-hydrogen) atoms. The minimum absolute atomic E-state index is 0.104. The second kappa shape index (κ2) is 10.2. The van der Waals surface area contributed by atoms with Crippen LogP contribution in [0.2, 0.25) is 0 Å². The number of para-hydroxylation sites is 1. The lowest BCUT2D eigenvalue weighted by Crippen LogP contribution is -2.25. The fourth-order valence-electron chi connectivity index (χ4n) is 3.55. The fraction of sp³-hybridized carbons (Fsp3) is 0.200. The van der Waals surface area contributed by atoms with Crippen LogP contribution in [0.4, 0.5) is 5.82 Å². The Hall–Kier alpha value is -3.58. The van der Waals surface area contributed by atoms with Gasteiger partial charge in [-0.25, -0.2) is 0 Å². The maximum atomic E-state index is 12.7. The van der Waals surface area contributed by atoms with Crippen molar-refractivity contribution in [1.82, 2.24) is 9.69 Å². The third-order valence-electron chi connectivity index (χ3n) is 5.15. The number of nitrogens with zero attached hydrogens (tertiary/aromatic N) is 1. The third kappa shape index (κ3) is 4.68. The van der Waals surface area contributed by atoms with Crippen molar-refractivity contribution < 1.29 is 14.3 Å². The summed E-state index contributed by atoms with van der Waals surface area (Å²) >= 11 is 1.49. The normalized spacial score (nSPS) is 10.7. The molecule has 1 amide bonds. The molecule has 0 fully saturated rings. The number of carbonyl (C=O) groups is 1. The Bertz CT molecular complexity index is 1220. The van der Waals surface area contributed by atoms with Crippen molar-refractivity contribution in [2.24, 2.45) is 0 Å². The molecule has 0 saturated heterocycles. The van der Waals surface area contributed by atoms with Crippen LogP contribution in [0, 0.1) is 0 Å². The summed E-state index contributed by atoms with van der Waals surface area (Å²) < 4.78 is 16.6. The average Bonchev–Trinajstić information content (AvgIpc) is 3.26. The summed E-state index contributed by atoms with van der Waals surface area (Å²) in [4.78, 5) is 12.7. The predicted octanol–water partition coefficient (Wildman–Crippen LogP) is 5.21. The van der Waals surface area contributed by atoms with Gasteiger partial charge in [0.05, 0.1) is 18.9 Å². The van der Waals surface area contributed by atoms with Gasteiger partial charge in [-0.15, -0.1) is 0 Å². The molecule has 0 spiro atoms. The van der Waals surface area contributed by atoms with Gasteiger partial charge in [0, 0.05) is 29.6 Å². The number of rotatable bonds is 9. The lowest BCUT2D eigenvalue weighted by Gasteiger charge is -2.13. The van der Waals surface area contributed by atoms with Gasteiger partial charge in [-0.2, -0.15) is 4.37 Å². The van der Waals surface area contributed by atoms with Gasteiger partial charge in [0.2, 0.25) is 0 Å². The average molecular weight is 448 g/mol. The molecule has 0 aliphatic rings. The van der Waals surface area contributed by atoms with E-state index in [0.29, 0.717) is 23.6 Å². The van der Waals surface area contributed by atoms with Crippen LogP contribution in [-0.2, 0) is 0 Å². The van der Waals surface area contributed by atoms with E-state index in [-0.39, 0.29) is 5.91 Å². The van der Waals surface area contributed by atoms with E-state index in [1.165, 1.54) is 11.5 Å². The maximum absolute atomic E-state index is 12.7. The second-order valence-corrected chi connectivity index (χ2v) is 7.99. The Kier molecular flexibility index (Phi) is 6.87. The molecule has 2 N–H and O–H groups in total. The number of amides is 1. The third-order valence-corrected chi connectivity index (χ3v) is 5.97. The Morgan fingerprint density at radius 2 is 1.81 bits per heavy atom. The molecule has 3 aromatic carbocycles. The molecule has 0 aliphatic heterocycles. The number of benzene rings is 3. The van der Waals surface area contributed by atoms with E-state index in [0.717, 1.165) is 40.0 Å². The molecular formula is C25H25N3O3S. The topological polar surface area (TPSA) is 72.5 Å².